The van der Waals surface area contributed by atoms with Crippen molar-refractivity contribution in [3.05, 3.63) is 0 Å². The highest BCUT2D eigenvalue weighted by Gasteiger charge is 2.65. The van der Waals surface area contributed by atoms with Gasteiger partial charge in [0.15, 0.2) is 0 Å². The number of aliphatic hydroxyl groups is 1. The Morgan fingerprint density at radius 1 is 0.750 bits per heavy atom. The summed E-state index contributed by atoms with van der Waals surface area (Å²) in [5.41, 5.74) is 0. The Balaban J connectivity index is 4.99. The quantitative estimate of drug-likeness (QED) is 0.730. The van der Waals surface area contributed by atoms with E-state index in [1.54, 1.807) is 0 Å². The minimum atomic E-state index is -6.27. The van der Waals surface area contributed by atoms with Gasteiger partial charge in [-0.15, -0.1) is 0 Å². The first kappa shape index (κ1) is 19.2. The molecule has 0 aliphatic heterocycles. The van der Waals surface area contributed by atoms with Crippen LogP contribution in [0.5, 0.6) is 0 Å². The van der Waals surface area contributed by atoms with Crippen LogP contribution < -0.4 is 0 Å². The van der Waals surface area contributed by atoms with Crippen molar-refractivity contribution in [2.75, 3.05) is 0 Å². The molecule has 0 aromatic heterocycles. The van der Waals surface area contributed by atoms with Gasteiger partial charge in [0.2, 0.25) is 0 Å². The molecule has 13 heteroatoms. The molecular weight excluding hydrogens is 322 g/mol. The molecule has 0 aromatic carbocycles. The predicted molar refractivity (Wildman–Crippen MR) is 39.6 cm³/mol. The number of alkyl halides is 10. The lowest BCUT2D eigenvalue weighted by molar-refractivity contribution is -0.487. The number of halogens is 10. The highest BCUT2D eigenvalue weighted by atomic mass is 19.3. The molecule has 0 saturated heterocycles. The predicted octanol–water partition coefficient (Wildman–Crippen LogP) is 3.04. The Morgan fingerprint density at radius 2 is 1.05 bits per heavy atom. The molecule has 0 rings (SSSR count). The van der Waals surface area contributed by atoms with Crippen LogP contribution in [0.2, 0.25) is 0 Å². The van der Waals surface area contributed by atoms with Crippen LogP contribution in [0.25, 0.3) is 0 Å². The molecular formula is C7H6F10O3. The third-order valence-electron chi connectivity index (χ3n) is 1.51. The highest BCUT2D eigenvalue weighted by molar-refractivity contribution is 4.73. The average molecular weight is 328 g/mol. The lowest BCUT2D eigenvalue weighted by Gasteiger charge is -2.29. The molecule has 0 radical (unpaired) electrons. The summed E-state index contributed by atoms with van der Waals surface area (Å²) in [6.07, 6.45) is -27.0. The van der Waals surface area contributed by atoms with Crippen LogP contribution in [0, 0.1) is 0 Å². The molecule has 20 heavy (non-hydrogen) atoms. The molecule has 0 amide bonds. The van der Waals surface area contributed by atoms with Gasteiger partial charge in [-0.05, 0) is 0 Å². The fourth-order valence-electron chi connectivity index (χ4n) is 0.571. The summed E-state index contributed by atoms with van der Waals surface area (Å²) in [5, 5.41) is 7.58. The van der Waals surface area contributed by atoms with E-state index in [0.29, 0.717) is 0 Å². The standard InChI is InChI=1S/C7H6F10O3/c1-4(10,11)2(8)19-6(14,15)7(16,17)20-3(9)5(12,13)18/h2-3,18H,1H3. The van der Waals surface area contributed by atoms with E-state index in [4.69, 9.17) is 5.11 Å². The van der Waals surface area contributed by atoms with E-state index in [-0.39, 0.29) is 6.92 Å². The van der Waals surface area contributed by atoms with E-state index in [2.05, 4.69) is 9.47 Å². The Kier molecular flexibility index (Phi) is 5.29. The van der Waals surface area contributed by atoms with E-state index in [0.717, 1.165) is 0 Å². The number of rotatable bonds is 7. The highest BCUT2D eigenvalue weighted by Crippen LogP contribution is 2.41. The van der Waals surface area contributed by atoms with Crippen molar-refractivity contribution in [2.24, 2.45) is 0 Å². The lowest BCUT2D eigenvalue weighted by Crippen LogP contribution is -2.52. The Hall–Kier alpha value is -0.820. The molecule has 0 spiro atoms. The fourth-order valence-corrected chi connectivity index (χ4v) is 0.571. The van der Waals surface area contributed by atoms with Crippen LogP contribution in [0.15, 0.2) is 0 Å². The lowest BCUT2D eigenvalue weighted by atomic mass is 10.4. The van der Waals surface area contributed by atoms with Crippen LogP contribution in [-0.4, -0.2) is 42.1 Å². The Morgan fingerprint density at radius 3 is 1.30 bits per heavy atom. The largest absolute Gasteiger partial charge is 0.451 e. The summed E-state index contributed by atoms with van der Waals surface area (Å²) in [6.45, 7) is -0.313. The minimum Gasteiger partial charge on any atom is -0.332 e. The monoisotopic (exact) mass is 328 g/mol. The van der Waals surface area contributed by atoms with E-state index in [9.17, 15) is 43.9 Å². The zero-order valence-corrected chi connectivity index (χ0v) is 9.20. The Labute approximate surface area is 104 Å². The smallest absolute Gasteiger partial charge is 0.332 e. The minimum absolute atomic E-state index is 0.313. The van der Waals surface area contributed by atoms with Crippen LogP contribution in [0.1, 0.15) is 6.92 Å². The van der Waals surface area contributed by atoms with Crippen molar-refractivity contribution in [1.82, 2.24) is 0 Å². The molecule has 2 atom stereocenters. The van der Waals surface area contributed by atoms with Gasteiger partial charge < -0.3 is 5.11 Å². The maximum absolute atomic E-state index is 12.6. The first-order valence-corrected chi connectivity index (χ1v) is 4.38. The van der Waals surface area contributed by atoms with Gasteiger partial charge in [-0.3, -0.25) is 9.47 Å². The molecule has 0 bridgehead atoms. The first-order chi connectivity index (χ1) is 8.51. The molecule has 1 N–H and O–H groups in total. The second kappa shape index (κ2) is 5.52. The molecule has 0 heterocycles. The van der Waals surface area contributed by atoms with Crippen LogP contribution in [0.3, 0.4) is 0 Å². The number of hydrogen-bond acceptors (Lipinski definition) is 3. The van der Waals surface area contributed by atoms with Gasteiger partial charge in [0.1, 0.15) is 0 Å². The van der Waals surface area contributed by atoms with E-state index in [1.165, 1.54) is 0 Å². The van der Waals surface area contributed by atoms with Gasteiger partial charge in [-0.25, -0.2) is 17.6 Å². The zero-order valence-electron chi connectivity index (χ0n) is 9.20. The molecule has 0 aliphatic rings. The first-order valence-electron chi connectivity index (χ1n) is 4.38. The summed E-state index contributed by atoms with van der Waals surface area (Å²) in [5.74, 6) is -4.64. The molecule has 0 fully saturated rings. The Bertz CT molecular complexity index is 290. The van der Waals surface area contributed by atoms with Crippen molar-refractivity contribution < 1.29 is 58.5 Å². The average Bonchev–Trinajstić information content (AvgIpc) is 2.12. The van der Waals surface area contributed by atoms with Gasteiger partial charge in [-0.1, -0.05) is 0 Å². The summed E-state index contributed by atoms with van der Waals surface area (Å²) in [6, 6.07) is 0. The van der Waals surface area contributed by atoms with E-state index in [1.807, 2.05) is 0 Å². The summed E-state index contributed by atoms with van der Waals surface area (Å²) in [4.78, 5) is 0. The molecule has 2 unspecified atom stereocenters. The topological polar surface area (TPSA) is 38.7 Å². The van der Waals surface area contributed by atoms with Crippen LogP contribution >= 0.6 is 0 Å². The van der Waals surface area contributed by atoms with Gasteiger partial charge >= 0.3 is 18.3 Å². The van der Waals surface area contributed by atoms with Gasteiger partial charge in [0, 0.05) is 6.92 Å². The maximum Gasteiger partial charge on any atom is 0.451 e. The number of ether oxygens (including phenoxy) is 2. The van der Waals surface area contributed by atoms with E-state index < -0.39 is 37.0 Å². The SMILES string of the molecule is CC(F)(F)C(F)OC(F)(F)C(F)(F)OC(F)C(O)(F)F. The molecule has 0 aromatic rings. The van der Waals surface area contributed by atoms with Crippen molar-refractivity contribution in [1.29, 1.82) is 0 Å². The third kappa shape index (κ3) is 4.94. The van der Waals surface area contributed by atoms with Gasteiger partial charge in [0.25, 0.3) is 18.6 Å². The van der Waals surface area contributed by atoms with Crippen molar-refractivity contribution >= 4 is 0 Å². The molecule has 0 aliphatic carbocycles. The third-order valence-corrected chi connectivity index (χ3v) is 1.51. The normalized spacial score (nSPS) is 18.0. The van der Waals surface area contributed by atoms with Crippen molar-refractivity contribution in [3.63, 3.8) is 0 Å². The number of hydrogen-bond donors (Lipinski definition) is 1. The molecule has 3 nitrogen and oxygen atoms in total. The second-order valence-corrected chi connectivity index (χ2v) is 3.45. The van der Waals surface area contributed by atoms with Crippen LogP contribution in [-0.2, 0) is 9.47 Å². The van der Waals surface area contributed by atoms with Gasteiger partial charge in [-0.2, -0.15) is 26.3 Å². The second-order valence-electron chi connectivity index (χ2n) is 3.45. The van der Waals surface area contributed by atoms with E-state index >= 15 is 0 Å². The van der Waals surface area contributed by atoms with Crippen LogP contribution in [0.4, 0.5) is 43.9 Å². The molecule has 0 saturated carbocycles. The van der Waals surface area contributed by atoms with Gasteiger partial charge in [0.05, 0.1) is 0 Å². The summed E-state index contributed by atoms with van der Waals surface area (Å²) < 4.78 is 127. The zero-order chi connectivity index (χ0) is 16.6. The molecule has 122 valence electrons. The van der Waals surface area contributed by atoms with Crippen molar-refractivity contribution in [2.45, 2.75) is 43.9 Å². The summed E-state index contributed by atoms with van der Waals surface area (Å²) >= 11 is 0. The summed E-state index contributed by atoms with van der Waals surface area (Å²) in [7, 11) is 0. The maximum atomic E-state index is 12.6. The van der Waals surface area contributed by atoms with Crippen molar-refractivity contribution in [3.8, 4) is 0 Å². The fraction of sp³-hybridized carbons (Fsp3) is 1.00.